The maximum atomic E-state index is 13.2. The summed E-state index contributed by atoms with van der Waals surface area (Å²) in [5.41, 5.74) is -0.343. The van der Waals surface area contributed by atoms with Gasteiger partial charge in [0.2, 0.25) is 0 Å². The molecular weight excluding hydrogens is 386 g/mol. The Morgan fingerprint density at radius 3 is 2.38 bits per heavy atom. The number of amides is 2. The molecule has 7 nitrogen and oxygen atoms in total. The Hall–Kier alpha value is -2.58. The summed E-state index contributed by atoms with van der Waals surface area (Å²) in [7, 11) is 0. The molecule has 3 aliphatic heterocycles. The highest BCUT2D eigenvalue weighted by Gasteiger charge is 2.46. The summed E-state index contributed by atoms with van der Waals surface area (Å²) in [5.74, 6) is -0.639. The van der Waals surface area contributed by atoms with E-state index < -0.39 is 11.9 Å². The molecule has 0 aliphatic carbocycles. The Kier molecular flexibility index (Phi) is 4.59. The van der Waals surface area contributed by atoms with Crippen LogP contribution in [0.15, 0.2) is 18.2 Å². The summed E-state index contributed by atoms with van der Waals surface area (Å²) in [6.45, 7) is 5.50. The molecule has 1 aromatic rings. The second kappa shape index (κ2) is 6.74. The first kappa shape index (κ1) is 19.7. The van der Waals surface area contributed by atoms with Gasteiger partial charge < -0.3 is 24.4 Å². The molecule has 9 heteroatoms. The lowest BCUT2D eigenvalue weighted by atomic mass is 9.97. The van der Waals surface area contributed by atoms with Gasteiger partial charge in [-0.2, -0.15) is 0 Å². The molecule has 2 saturated heterocycles. The molecule has 3 atom stereocenters. The molecule has 0 spiro atoms. The average Bonchev–Trinajstić information content (AvgIpc) is 3.04. The molecule has 0 radical (unpaired) electrons. The van der Waals surface area contributed by atoms with E-state index in [9.17, 15) is 18.4 Å². The largest absolute Gasteiger partial charge is 0.586 e. The van der Waals surface area contributed by atoms with Crippen molar-refractivity contribution in [2.24, 2.45) is 0 Å². The normalized spacial score (nSPS) is 26.9. The molecule has 1 N–H and O–H groups in total. The Morgan fingerprint density at radius 2 is 1.76 bits per heavy atom. The van der Waals surface area contributed by atoms with Crippen LogP contribution in [0.3, 0.4) is 0 Å². The Morgan fingerprint density at radius 1 is 1.14 bits per heavy atom. The van der Waals surface area contributed by atoms with Gasteiger partial charge in [0.25, 0.3) is 5.91 Å². The van der Waals surface area contributed by atoms with Crippen molar-refractivity contribution in [2.45, 2.75) is 76.5 Å². The molecule has 158 valence electrons. The quantitative estimate of drug-likeness (QED) is 0.805. The minimum absolute atomic E-state index is 0.0179. The van der Waals surface area contributed by atoms with E-state index in [0.29, 0.717) is 12.8 Å². The van der Waals surface area contributed by atoms with Gasteiger partial charge in [0.1, 0.15) is 5.60 Å². The Balaban J connectivity index is 1.39. The number of fused-ring (bicyclic) bond motifs is 3. The fourth-order valence-corrected chi connectivity index (χ4v) is 4.27. The van der Waals surface area contributed by atoms with Crippen molar-refractivity contribution < 1.29 is 32.6 Å². The number of nitrogens with zero attached hydrogens (tertiary/aromatic N) is 1. The number of alkyl halides is 2. The van der Waals surface area contributed by atoms with Crippen LogP contribution in [-0.2, 0) is 4.74 Å². The monoisotopic (exact) mass is 410 g/mol. The SMILES string of the molecule is CC(C)(C)OC(=O)N1[C@@H]2CC[C@H]1C[C@@H](NC(=O)c1ccc3c(c1)OC(F)(F)O3)C2. The van der Waals surface area contributed by atoms with Crippen molar-refractivity contribution >= 4 is 12.0 Å². The number of benzene rings is 1. The van der Waals surface area contributed by atoms with E-state index >= 15 is 0 Å². The van der Waals surface area contributed by atoms with E-state index in [0.717, 1.165) is 12.8 Å². The third-order valence-electron chi connectivity index (χ3n) is 5.34. The highest BCUT2D eigenvalue weighted by atomic mass is 19.3. The number of halogens is 2. The van der Waals surface area contributed by atoms with Crippen LogP contribution >= 0.6 is 0 Å². The van der Waals surface area contributed by atoms with Gasteiger partial charge in [-0.25, -0.2) is 4.79 Å². The zero-order valence-electron chi connectivity index (χ0n) is 16.5. The molecule has 0 unspecified atom stereocenters. The fraction of sp³-hybridized carbons (Fsp3) is 0.600. The van der Waals surface area contributed by atoms with Crippen LogP contribution in [0.5, 0.6) is 11.5 Å². The standard InChI is InChI=1S/C20H24F2N2O5/c1-19(2,3)29-18(26)24-13-5-6-14(24)10-12(9-13)23-17(25)11-4-7-15-16(8-11)28-20(21,22)27-15/h4,7-8,12-14H,5-6,9-10H2,1-3H3,(H,23,25)/t12-,13+,14-. The molecular formula is C20H24F2N2O5. The topological polar surface area (TPSA) is 77.1 Å². The zero-order valence-corrected chi connectivity index (χ0v) is 16.5. The van der Waals surface area contributed by atoms with Gasteiger partial charge in [0.05, 0.1) is 0 Å². The lowest BCUT2D eigenvalue weighted by molar-refractivity contribution is -0.286. The van der Waals surface area contributed by atoms with Crippen molar-refractivity contribution in [3.8, 4) is 11.5 Å². The first-order chi connectivity index (χ1) is 13.5. The number of carbonyl (C=O) groups is 2. The highest BCUT2D eigenvalue weighted by Crippen LogP contribution is 2.41. The average molecular weight is 410 g/mol. The molecule has 0 saturated carbocycles. The molecule has 3 aliphatic rings. The number of piperidine rings is 1. The lowest BCUT2D eigenvalue weighted by Gasteiger charge is -2.39. The van der Waals surface area contributed by atoms with Crippen LogP contribution < -0.4 is 14.8 Å². The van der Waals surface area contributed by atoms with Crippen molar-refractivity contribution in [3.05, 3.63) is 23.8 Å². The molecule has 4 rings (SSSR count). The van der Waals surface area contributed by atoms with Gasteiger partial charge >= 0.3 is 12.4 Å². The van der Waals surface area contributed by atoms with Gasteiger partial charge in [-0.15, -0.1) is 8.78 Å². The second-order valence-corrected chi connectivity index (χ2v) is 8.74. The van der Waals surface area contributed by atoms with Gasteiger partial charge in [0.15, 0.2) is 11.5 Å². The smallest absolute Gasteiger partial charge is 0.444 e. The molecule has 3 heterocycles. The number of carbonyl (C=O) groups excluding carboxylic acids is 2. The number of ether oxygens (including phenoxy) is 3. The molecule has 2 amide bonds. The van der Waals surface area contributed by atoms with Crippen LogP contribution in [0.1, 0.15) is 56.8 Å². The van der Waals surface area contributed by atoms with E-state index in [-0.39, 0.29) is 47.2 Å². The van der Waals surface area contributed by atoms with E-state index in [2.05, 4.69) is 14.8 Å². The lowest BCUT2D eigenvalue weighted by Crippen LogP contribution is -2.53. The van der Waals surface area contributed by atoms with Crippen molar-refractivity contribution in [1.82, 2.24) is 10.2 Å². The summed E-state index contributed by atoms with van der Waals surface area (Å²) in [5, 5.41) is 2.95. The minimum Gasteiger partial charge on any atom is -0.444 e. The number of nitrogens with one attached hydrogen (secondary N) is 1. The summed E-state index contributed by atoms with van der Waals surface area (Å²) in [6.07, 6.45) is -1.03. The van der Waals surface area contributed by atoms with Crippen LogP contribution in [0, 0.1) is 0 Å². The maximum absolute atomic E-state index is 13.2. The number of rotatable bonds is 2. The van der Waals surface area contributed by atoms with Gasteiger partial charge in [-0.05, 0) is 64.7 Å². The Bertz CT molecular complexity index is 825. The third kappa shape index (κ3) is 4.09. The summed E-state index contributed by atoms with van der Waals surface area (Å²) < 4.78 is 40.6. The van der Waals surface area contributed by atoms with E-state index in [1.807, 2.05) is 20.8 Å². The molecule has 2 fully saturated rings. The summed E-state index contributed by atoms with van der Waals surface area (Å²) >= 11 is 0. The summed E-state index contributed by atoms with van der Waals surface area (Å²) in [4.78, 5) is 26.9. The van der Waals surface area contributed by atoms with Crippen LogP contribution in [-0.4, -0.2) is 46.9 Å². The van der Waals surface area contributed by atoms with Crippen LogP contribution in [0.4, 0.5) is 13.6 Å². The zero-order chi connectivity index (χ0) is 21.0. The Labute approximate surface area is 167 Å². The third-order valence-corrected chi connectivity index (χ3v) is 5.34. The number of hydrogen-bond acceptors (Lipinski definition) is 5. The second-order valence-electron chi connectivity index (χ2n) is 8.74. The van der Waals surface area contributed by atoms with Crippen molar-refractivity contribution in [1.29, 1.82) is 0 Å². The predicted molar refractivity (Wildman–Crippen MR) is 98.0 cm³/mol. The molecule has 29 heavy (non-hydrogen) atoms. The first-order valence-corrected chi connectivity index (χ1v) is 9.73. The highest BCUT2D eigenvalue weighted by molar-refractivity contribution is 5.95. The first-order valence-electron chi connectivity index (χ1n) is 9.73. The van der Waals surface area contributed by atoms with Crippen LogP contribution in [0.25, 0.3) is 0 Å². The molecule has 2 bridgehead atoms. The van der Waals surface area contributed by atoms with Crippen molar-refractivity contribution in [2.75, 3.05) is 0 Å². The van der Waals surface area contributed by atoms with Gasteiger partial charge in [0, 0.05) is 23.7 Å². The molecule has 1 aromatic carbocycles. The maximum Gasteiger partial charge on any atom is 0.586 e. The number of hydrogen-bond donors (Lipinski definition) is 1. The molecule has 0 aromatic heterocycles. The predicted octanol–water partition coefficient (Wildman–Crippen LogP) is 3.67. The van der Waals surface area contributed by atoms with Gasteiger partial charge in [-0.1, -0.05) is 0 Å². The summed E-state index contributed by atoms with van der Waals surface area (Å²) in [6, 6.07) is 3.89. The van der Waals surface area contributed by atoms with Crippen molar-refractivity contribution in [3.63, 3.8) is 0 Å². The van der Waals surface area contributed by atoms with E-state index in [4.69, 9.17) is 4.74 Å². The van der Waals surface area contributed by atoms with E-state index in [1.54, 1.807) is 4.90 Å². The van der Waals surface area contributed by atoms with Gasteiger partial charge in [-0.3, -0.25) is 4.79 Å². The minimum atomic E-state index is -3.72. The van der Waals surface area contributed by atoms with Crippen LogP contribution in [0.2, 0.25) is 0 Å². The van der Waals surface area contributed by atoms with E-state index in [1.165, 1.54) is 18.2 Å². The fourth-order valence-electron chi connectivity index (χ4n) is 4.27.